The summed E-state index contributed by atoms with van der Waals surface area (Å²) in [5.41, 5.74) is 0.675. The normalized spacial score (nSPS) is 16.4. The summed E-state index contributed by atoms with van der Waals surface area (Å²) < 4.78 is 11.1. The lowest BCUT2D eigenvalue weighted by molar-refractivity contribution is 0.0844. The van der Waals surface area contributed by atoms with Gasteiger partial charge in [0.25, 0.3) is 0 Å². The predicted octanol–water partition coefficient (Wildman–Crippen LogP) is 3.30. The molecular formula is C18H18O6. The molecule has 24 heavy (non-hydrogen) atoms. The van der Waals surface area contributed by atoms with Gasteiger partial charge in [0.2, 0.25) is 0 Å². The van der Waals surface area contributed by atoms with Gasteiger partial charge in [0, 0.05) is 12.1 Å². The van der Waals surface area contributed by atoms with E-state index in [1.54, 1.807) is 12.1 Å². The van der Waals surface area contributed by atoms with E-state index in [0.29, 0.717) is 17.9 Å². The minimum Gasteiger partial charge on any atom is -0.508 e. The first-order valence-corrected chi connectivity index (χ1v) is 7.71. The SMILES string of the molecule is CCCOc1ccc(C2CC(=O)c3c(O)cc(O)cc3O2)cc1O. The molecule has 2 aromatic rings. The molecule has 1 aliphatic rings. The van der Waals surface area contributed by atoms with E-state index in [1.165, 1.54) is 12.1 Å². The van der Waals surface area contributed by atoms with Crippen LogP contribution in [0.25, 0.3) is 0 Å². The van der Waals surface area contributed by atoms with Crippen molar-refractivity contribution < 1.29 is 29.6 Å². The lowest BCUT2D eigenvalue weighted by Gasteiger charge is -2.26. The number of ketones is 1. The maximum atomic E-state index is 12.3. The molecular weight excluding hydrogens is 312 g/mol. The summed E-state index contributed by atoms with van der Waals surface area (Å²) in [4.78, 5) is 12.3. The molecule has 3 rings (SSSR count). The first-order chi connectivity index (χ1) is 11.5. The molecule has 1 atom stereocenters. The topological polar surface area (TPSA) is 96.2 Å². The van der Waals surface area contributed by atoms with Crippen molar-refractivity contribution in [2.24, 2.45) is 0 Å². The van der Waals surface area contributed by atoms with E-state index in [4.69, 9.17) is 9.47 Å². The monoisotopic (exact) mass is 330 g/mol. The first kappa shape index (κ1) is 16.0. The Bertz CT molecular complexity index is 783. The molecule has 2 aromatic carbocycles. The summed E-state index contributed by atoms with van der Waals surface area (Å²) in [6, 6.07) is 7.24. The predicted molar refractivity (Wildman–Crippen MR) is 86.0 cm³/mol. The van der Waals surface area contributed by atoms with E-state index in [0.717, 1.165) is 12.5 Å². The molecule has 6 nitrogen and oxygen atoms in total. The Morgan fingerprint density at radius 2 is 1.96 bits per heavy atom. The van der Waals surface area contributed by atoms with Gasteiger partial charge in [-0.25, -0.2) is 0 Å². The number of carbonyl (C=O) groups is 1. The number of aromatic hydroxyl groups is 3. The molecule has 0 saturated carbocycles. The highest BCUT2D eigenvalue weighted by Crippen LogP contribution is 2.42. The van der Waals surface area contributed by atoms with Gasteiger partial charge in [0.1, 0.15) is 28.9 Å². The van der Waals surface area contributed by atoms with Crippen LogP contribution in [0.1, 0.15) is 41.8 Å². The van der Waals surface area contributed by atoms with Gasteiger partial charge in [-0.1, -0.05) is 13.0 Å². The van der Waals surface area contributed by atoms with Gasteiger partial charge < -0.3 is 24.8 Å². The molecule has 0 aromatic heterocycles. The number of ether oxygens (including phenoxy) is 2. The van der Waals surface area contributed by atoms with E-state index in [-0.39, 0.29) is 40.8 Å². The number of hydrogen-bond acceptors (Lipinski definition) is 6. The lowest BCUT2D eigenvalue weighted by Crippen LogP contribution is -2.20. The van der Waals surface area contributed by atoms with E-state index in [9.17, 15) is 20.1 Å². The summed E-state index contributed by atoms with van der Waals surface area (Å²) in [6.07, 6.45) is 0.239. The number of hydrogen-bond donors (Lipinski definition) is 3. The summed E-state index contributed by atoms with van der Waals surface area (Å²) in [5.74, 6) is -0.311. The molecule has 1 unspecified atom stereocenters. The van der Waals surface area contributed by atoms with E-state index in [2.05, 4.69) is 0 Å². The Kier molecular flexibility index (Phi) is 4.20. The lowest BCUT2D eigenvalue weighted by atomic mass is 9.95. The van der Waals surface area contributed by atoms with Gasteiger partial charge in [-0.2, -0.15) is 0 Å². The highest BCUT2D eigenvalue weighted by molar-refractivity contribution is 6.02. The highest BCUT2D eigenvalue weighted by Gasteiger charge is 2.31. The van der Waals surface area contributed by atoms with Crippen molar-refractivity contribution in [1.29, 1.82) is 0 Å². The number of phenolic OH excluding ortho intramolecular Hbond substituents is 3. The maximum Gasteiger partial charge on any atom is 0.174 e. The molecule has 0 saturated heterocycles. The smallest absolute Gasteiger partial charge is 0.174 e. The summed E-state index contributed by atoms with van der Waals surface area (Å²) in [5, 5.41) is 29.4. The van der Waals surface area contributed by atoms with Crippen LogP contribution in [-0.4, -0.2) is 27.7 Å². The van der Waals surface area contributed by atoms with Crippen LogP contribution < -0.4 is 9.47 Å². The highest BCUT2D eigenvalue weighted by atomic mass is 16.5. The van der Waals surface area contributed by atoms with Crippen molar-refractivity contribution in [3.63, 3.8) is 0 Å². The number of Topliss-reactive ketones (excluding diaryl/α,β-unsaturated/α-hetero) is 1. The third-order valence-electron chi connectivity index (χ3n) is 3.80. The largest absolute Gasteiger partial charge is 0.508 e. The Hall–Kier alpha value is -2.89. The Labute approximate surface area is 138 Å². The average molecular weight is 330 g/mol. The van der Waals surface area contributed by atoms with Crippen molar-refractivity contribution in [2.45, 2.75) is 25.9 Å². The van der Waals surface area contributed by atoms with Gasteiger partial charge >= 0.3 is 0 Å². The van der Waals surface area contributed by atoms with Crippen molar-refractivity contribution >= 4 is 5.78 Å². The third-order valence-corrected chi connectivity index (χ3v) is 3.80. The molecule has 126 valence electrons. The van der Waals surface area contributed by atoms with Crippen molar-refractivity contribution in [1.82, 2.24) is 0 Å². The molecule has 0 spiro atoms. The van der Waals surface area contributed by atoms with Gasteiger partial charge in [0.15, 0.2) is 17.3 Å². The van der Waals surface area contributed by atoms with Gasteiger partial charge in [0.05, 0.1) is 13.0 Å². The van der Waals surface area contributed by atoms with E-state index >= 15 is 0 Å². The molecule has 0 aliphatic carbocycles. The Morgan fingerprint density at radius 3 is 2.67 bits per heavy atom. The fraction of sp³-hybridized carbons (Fsp3) is 0.278. The zero-order chi connectivity index (χ0) is 17.3. The molecule has 3 N–H and O–H groups in total. The standard InChI is InChI=1S/C18H18O6/c1-2-5-23-15-4-3-10(6-12(15)20)16-9-14(22)18-13(21)7-11(19)8-17(18)24-16/h3-4,6-8,16,19-21H,2,5,9H2,1H3. The number of benzene rings is 2. The van der Waals surface area contributed by atoms with Crippen LogP contribution in [0.3, 0.4) is 0 Å². The second-order valence-electron chi connectivity index (χ2n) is 5.65. The van der Waals surface area contributed by atoms with Crippen molar-refractivity contribution in [3.8, 4) is 28.7 Å². The maximum absolute atomic E-state index is 12.3. The number of carbonyl (C=O) groups excluding carboxylic acids is 1. The average Bonchev–Trinajstić information content (AvgIpc) is 2.52. The minimum absolute atomic E-state index is 0.0263. The van der Waals surface area contributed by atoms with E-state index in [1.807, 2.05) is 6.92 Å². The van der Waals surface area contributed by atoms with Crippen LogP contribution in [0.5, 0.6) is 28.7 Å². The summed E-state index contributed by atoms with van der Waals surface area (Å²) >= 11 is 0. The molecule has 0 bridgehead atoms. The van der Waals surface area contributed by atoms with Gasteiger partial charge in [-0.05, 0) is 24.1 Å². The number of rotatable bonds is 4. The summed E-state index contributed by atoms with van der Waals surface area (Å²) in [7, 11) is 0. The fourth-order valence-corrected chi connectivity index (χ4v) is 2.68. The summed E-state index contributed by atoms with van der Waals surface area (Å²) in [6.45, 7) is 2.46. The van der Waals surface area contributed by atoms with Crippen LogP contribution >= 0.6 is 0 Å². The second kappa shape index (κ2) is 6.31. The molecule has 1 heterocycles. The third kappa shape index (κ3) is 2.95. The van der Waals surface area contributed by atoms with Crippen LogP contribution in [0.15, 0.2) is 30.3 Å². The second-order valence-corrected chi connectivity index (χ2v) is 5.65. The van der Waals surface area contributed by atoms with Crippen LogP contribution in [-0.2, 0) is 0 Å². The van der Waals surface area contributed by atoms with Crippen molar-refractivity contribution in [3.05, 3.63) is 41.5 Å². The van der Waals surface area contributed by atoms with Gasteiger partial charge in [-0.3, -0.25) is 4.79 Å². The Morgan fingerprint density at radius 1 is 1.17 bits per heavy atom. The van der Waals surface area contributed by atoms with Crippen LogP contribution in [0, 0.1) is 0 Å². The fourth-order valence-electron chi connectivity index (χ4n) is 2.68. The zero-order valence-corrected chi connectivity index (χ0v) is 13.2. The molecule has 6 heteroatoms. The molecule has 0 amide bonds. The molecule has 1 aliphatic heterocycles. The van der Waals surface area contributed by atoms with Crippen LogP contribution in [0.4, 0.5) is 0 Å². The van der Waals surface area contributed by atoms with Gasteiger partial charge in [-0.15, -0.1) is 0 Å². The minimum atomic E-state index is -0.614. The number of fused-ring (bicyclic) bond motifs is 1. The molecule has 0 radical (unpaired) electrons. The zero-order valence-electron chi connectivity index (χ0n) is 13.2. The number of phenols is 3. The van der Waals surface area contributed by atoms with Crippen LogP contribution in [0.2, 0.25) is 0 Å². The van der Waals surface area contributed by atoms with E-state index < -0.39 is 6.10 Å². The quantitative estimate of drug-likeness (QED) is 0.796. The van der Waals surface area contributed by atoms with Crippen molar-refractivity contribution in [2.75, 3.05) is 6.61 Å². The Balaban J connectivity index is 1.89. The first-order valence-electron chi connectivity index (χ1n) is 7.71. The molecule has 0 fully saturated rings.